The summed E-state index contributed by atoms with van der Waals surface area (Å²) in [4.78, 5) is 0. The second-order valence-corrected chi connectivity index (χ2v) is 3.76. The second-order valence-electron chi connectivity index (χ2n) is 3.76. The molecule has 2 rings (SSSR count). The maximum Gasteiger partial charge on any atom is 0.124 e. The van der Waals surface area contributed by atoms with Gasteiger partial charge in [-0.1, -0.05) is 6.07 Å². The lowest BCUT2D eigenvalue weighted by atomic mass is 10.1. The van der Waals surface area contributed by atoms with Gasteiger partial charge in [0, 0.05) is 19.7 Å². The summed E-state index contributed by atoms with van der Waals surface area (Å²) < 4.78 is 14.8. The van der Waals surface area contributed by atoms with Crippen molar-refractivity contribution in [2.45, 2.75) is 13.5 Å². The monoisotopic (exact) mass is 219 g/mol. The van der Waals surface area contributed by atoms with E-state index in [0.717, 1.165) is 16.9 Å². The van der Waals surface area contributed by atoms with Crippen molar-refractivity contribution in [3.05, 3.63) is 47.4 Å². The highest BCUT2D eigenvalue weighted by Crippen LogP contribution is 2.12. The zero-order valence-electron chi connectivity index (χ0n) is 9.37. The number of nitrogens with zero attached hydrogens (tertiary/aromatic N) is 2. The molecular formula is C12H14FN3. The van der Waals surface area contributed by atoms with Crippen molar-refractivity contribution in [2.24, 2.45) is 7.05 Å². The third-order valence-electron chi connectivity index (χ3n) is 2.59. The molecule has 1 aromatic heterocycles. The maximum absolute atomic E-state index is 13.0. The van der Waals surface area contributed by atoms with E-state index in [1.165, 1.54) is 6.07 Å². The van der Waals surface area contributed by atoms with Crippen molar-refractivity contribution in [3.8, 4) is 0 Å². The molecule has 84 valence electrons. The number of benzene rings is 1. The Morgan fingerprint density at radius 1 is 1.38 bits per heavy atom. The van der Waals surface area contributed by atoms with Crippen LogP contribution in [0, 0.1) is 12.7 Å². The molecule has 16 heavy (non-hydrogen) atoms. The van der Waals surface area contributed by atoms with Crippen LogP contribution in [0.3, 0.4) is 0 Å². The molecule has 3 nitrogen and oxygen atoms in total. The highest BCUT2D eigenvalue weighted by Gasteiger charge is 2.02. The summed E-state index contributed by atoms with van der Waals surface area (Å²) >= 11 is 0. The van der Waals surface area contributed by atoms with E-state index in [4.69, 9.17) is 0 Å². The molecule has 0 aliphatic heterocycles. The van der Waals surface area contributed by atoms with E-state index in [1.54, 1.807) is 23.0 Å². The van der Waals surface area contributed by atoms with Crippen molar-refractivity contribution < 1.29 is 4.39 Å². The fourth-order valence-electron chi connectivity index (χ4n) is 1.56. The van der Waals surface area contributed by atoms with Gasteiger partial charge in [0.05, 0.1) is 6.20 Å². The van der Waals surface area contributed by atoms with Crippen molar-refractivity contribution in [2.75, 3.05) is 5.32 Å². The van der Waals surface area contributed by atoms with Gasteiger partial charge in [-0.15, -0.1) is 0 Å². The van der Waals surface area contributed by atoms with Gasteiger partial charge >= 0.3 is 0 Å². The van der Waals surface area contributed by atoms with Gasteiger partial charge in [0.15, 0.2) is 0 Å². The Balaban J connectivity index is 2.10. The number of rotatable bonds is 3. The molecule has 0 unspecified atom stereocenters. The SMILES string of the molecule is Cc1ccc(F)cc1CNc1ccnn1C. The molecular weight excluding hydrogens is 205 g/mol. The van der Waals surface area contributed by atoms with Crippen LogP contribution in [0.25, 0.3) is 0 Å². The maximum atomic E-state index is 13.0. The van der Waals surface area contributed by atoms with Crippen LogP contribution < -0.4 is 5.32 Å². The number of halogens is 1. The zero-order chi connectivity index (χ0) is 11.5. The minimum absolute atomic E-state index is 0.201. The Morgan fingerprint density at radius 2 is 2.19 bits per heavy atom. The summed E-state index contributed by atoms with van der Waals surface area (Å²) in [6.07, 6.45) is 1.72. The molecule has 0 amide bonds. The lowest BCUT2D eigenvalue weighted by Crippen LogP contribution is -2.05. The summed E-state index contributed by atoms with van der Waals surface area (Å²) in [6.45, 7) is 2.57. The number of aromatic nitrogens is 2. The van der Waals surface area contributed by atoms with Crippen LogP contribution in [0.2, 0.25) is 0 Å². The number of hydrogen-bond donors (Lipinski definition) is 1. The van der Waals surface area contributed by atoms with Crippen LogP contribution in [-0.2, 0) is 13.6 Å². The second kappa shape index (κ2) is 4.35. The molecule has 2 aromatic rings. The van der Waals surface area contributed by atoms with Crippen LogP contribution in [-0.4, -0.2) is 9.78 Å². The van der Waals surface area contributed by atoms with Crippen molar-refractivity contribution in [1.29, 1.82) is 0 Å². The van der Waals surface area contributed by atoms with Crippen molar-refractivity contribution in [3.63, 3.8) is 0 Å². The molecule has 0 fully saturated rings. The number of hydrogen-bond acceptors (Lipinski definition) is 2. The lowest BCUT2D eigenvalue weighted by Gasteiger charge is -2.09. The minimum atomic E-state index is -0.201. The first-order chi connectivity index (χ1) is 7.66. The van der Waals surface area contributed by atoms with Gasteiger partial charge in [-0.05, 0) is 30.2 Å². The molecule has 1 N–H and O–H groups in total. The Bertz CT molecular complexity index is 491. The lowest BCUT2D eigenvalue weighted by molar-refractivity contribution is 0.625. The molecule has 1 aromatic carbocycles. The molecule has 0 radical (unpaired) electrons. The first-order valence-electron chi connectivity index (χ1n) is 5.14. The molecule has 0 saturated carbocycles. The zero-order valence-corrected chi connectivity index (χ0v) is 9.37. The molecule has 1 heterocycles. The molecule has 0 aliphatic rings. The fourth-order valence-corrected chi connectivity index (χ4v) is 1.56. The number of aryl methyl sites for hydroxylation is 2. The minimum Gasteiger partial charge on any atom is -0.366 e. The number of nitrogens with one attached hydrogen (secondary N) is 1. The predicted octanol–water partition coefficient (Wildman–Crippen LogP) is 2.48. The molecule has 0 saturated heterocycles. The van der Waals surface area contributed by atoms with Crippen molar-refractivity contribution in [1.82, 2.24) is 9.78 Å². The average molecular weight is 219 g/mol. The summed E-state index contributed by atoms with van der Waals surface area (Å²) in [5, 5.41) is 7.26. The topological polar surface area (TPSA) is 29.9 Å². The third-order valence-corrected chi connectivity index (χ3v) is 2.59. The summed E-state index contributed by atoms with van der Waals surface area (Å²) in [5.41, 5.74) is 2.04. The van der Waals surface area contributed by atoms with E-state index in [1.807, 2.05) is 20.0 Å². The highest BCUT2D eigenvalue weighted by atomic mass is 19.1. The van der Waals surface area contributed by atoms with E-state index < -0.39 is 0 Å². The first kappa shape index (κ1) is 10.7. The van der Waals surface area contributed by atoms with Crippen LogP contribution in [0.15, 0.2) is 30.5 Å². The van der Waals surface area contributed by atoms with Crippen LogP contribution in [0.4, 0.5) is 10.2 Å². The highest BCUT2D eigenvalue weighted by molar-refractivity contribution is 5.37. The van der Waals surface area contributed by atoms with Gasteiger partial charge in [0.2, 0.25) is 0 Å². The molecule has 0 bridgehead atoms. The molecule has 0 aliphatic carbocycles. The van der Waals surface area contributed by atoms with Gasteiger partial charge in [0.1, 0.15) is 11.6 Å². The first-order valence-corrected chi connectivity index (χ1v) is 5.14. The largest absolute Gasteiger partial charge is 0.366 e. The van der Waals surface area contributed by atoms with E-state index in [0.29, 0.717) is 6.54 Å². The van der Waals surface area contributed by atoms with Gasteiger partial charge in [-0.2, -0.15) is 5.10 Å². The molecule has 0 atom stereocenters. The van der Waals surface area contributed by atoms with E-state index >= 15 is 0 Å². The summed E-state index contributed by atoms with van der Waals surface area (Å²) in [6, 6.07) is 6.70. The van der Waals surface area contributed by atoms with Crippen LogP contribution >= 0.6 is 0 Å². The Morgan fingerprint density at radius 3 is 2.88 bits per heavy atom. The summed E-state index contributed by atoms with van der Waals surface area (Å²) in [5.74, 6) is 0.719. The van der Waals surface area contributed by atoms with E-state index in [9.17, 15) is 4.39 Å². The Hall–Kier alpha value is -1.84. The fraction of sp³-hybridized carbons (Fsp3) is 0.250. The van der Waals surface area contributed by atoms with Crippen LogP contribution in [0.5, 0.6) is 0 Å². The quantitative estimate of drug-likeness (QED) is 0.859. The van der Waals surface area contributed by atoms with Crippen LogP contribution in [0.1, 0.15) is 11.1 Å². The predicted molar refractivity (Wildman–Crippen MR) is 61.7 cm³/mol. The third kappa shape index (κ3) is 2.21. The molecule has 0 spiro atoms. The number of anilines is 1. The normalized spacial score (nSPS) is 10.4. The average Bonchev–Trinajstić information content (AvgIpc) is 2.66. The standard InChI is InChI=1S/C12H14FN3/c1-9-3-4-11(13)7-10(9)8-14-12-5-6-15-16(12)2/h3-7,14H,8H2,1-2H3. The van der Waals surface area contributed by atoms with E-state index in [-0.39, 0.29) is 5.82 Å². The van der Waals surface area contributed by atoms with E-state index in [2.05, 4.69) is 10.4 Å². The summed E-state index contributed by atoms with van der Waals surface area (Å²) in [7, 11) is 1.86. The van der Waals surface area contributed by atoms with Crippen molar-refractivity contribution >= 4 is 5.82 Å². The Labute approximate surface area is 93.9 Å². The van der Waals surface area contributed by atoms with Gasteiger partial charge < -0.3 is 5.32 Å². The van der Waals surface area contributed by atoms with Gasteiger partial charge in [-0.25, -0.2) is 4.39 Å². The smallest absolute Gasteiger partial charge is 0.124 e. The van der Waals surface area contributed by atoms with Gasteiger partial charge in [0.25, 0.3) is 0 Å². The Kier molecular flexibility index (Phi) is 2.90. The molecule has 4 heteroatoms. The van der Waals surface area contributed by atoms with Gasteiger partial charge in [-0.3, -0.25) is 4.68 Å².